The van der Waals surface area contributed by atoms with E-state index in [-0.39, 0.29) is 36.2 Å². The molecular weight excluding hydrogens is 348 g/mol. The molecule has 3 saturated heterocycles. The van der Waals surface area contributed by atoms with Crippen LogP contribution in [0.3, 0.4) is 0 Å². The highest BCUT2D eigenvalue weighted by molar-refractivity contribution is 6.21. The molecule has 0 radical (unpaired) electrons. The summed E-state index contributed by atoms with van der Waals surface area (Å²) in [5, 5.41) is 20.5. The maximum atomic E-state index is 12.9. The second-order valence-electron chi connectivity index (χ2n) is 6.88. The lowest BCUT2D eigenvalue weighted by Crippen LogP contribution is -2.61. The first-order valence-electron chi connectivity index (χ1n) is 8.99. The maximum absolute atomic E-state index is 12.9. The van der Waals surface area contributed by atoms with Crippen molar-refractivity contribution in [2.45, 2.75) is 42.7 Å². The van der Waals surface area contributed by atoms with Crippen molar-refractivity contribution >= 4 is 17.5 Å². The molecule has 25 heavy (non-hydrogen) atoms. The number of hydrogen-bond donors (Lipinski definition) is 6. The fourth-order valence-electron chi connectivity index (χ4n) is 3.74. The van der Waals surface area contributed by atoms with Crippen molar-refractivity contribution in [3.8, 4) is 0 Å². The molecule has 0 aromatic heterocycles. The molecule has 144 valence electrons. The molecule has 0 spiro atoms. The fraction of sp³-hybridized carbons (Fsp3) is 0.933. The highest BCUT2D eigenvalue weighted by atomic mass is 35.5. The molecule has 3 heterocycles. The van der Waals surface area contributed by atoms with Crippen molar-refractivity contribution in [3.05, 3.63) is 0 Å². The number of nitrogens with zero attached hydrogens (tertiary/aromatic N) is 1. The number of piperidine rings is 1. The maximum Gasteiger partial charge on any atom is 0.229 e. The summed E-state index contributed by atoms with van der Waals surface area (Å²) < 4.78 is 5.84. The number of halogens is 1. The number of rotatable bonds is 6. The van der Waals surface area contributed by atoms with Gasteiger partial charge >= 0.3 is 0 Å². The minimum Gasteiger partial charge on any atom is -0.396 e. The van der Waals surface area contributed by atoms with E-state index < -0.39 is 12.1 Å². The first-order valence-corrected chi connectivity index (χ1v) is 9.43. The Bertz CT molecular complexity index is 459. The predicted octanol–water partition coefficient (Wildman–Crippen LogP) is -2.51. The van der Waals surface area contributed by atoms with E-state index in [4.69, 9.17) is 27.2 Å². The minimum atomic E-state index is -0.454. The Labute approximate surface area is 152 Å². The summed E-state index contributed by atoms with van der Waals surface area (Å²) in [6.07, 6.45) is 0.764. The highest BCUT2D eigenvalue weighted by Crippen LogP contribution is 2.23. The summed E-state index contributed by atoms with van der Waals surface area (Å²) in [5.41, 5.74) is 9.29. The molecule has 3 aliphatic rings. The molecule has 6 unspecified atom stereocenters. The number of nitrogens with two attached hydrogens (primary N) is 1. The van der Waals surface area contributed by atoms with Crippen LogP contribution in [-0.2, 0) is 9.53 Å². The Balaban J connectivity index is 1.58. The van der Waals surface area contributed by atoms with Crippen molar-refractivity contribution in [1.29, 1.82) is 0 Å². The van der Waals surface area contributed by atoms with Crippen LogP contribution in [0.15, 0.2) is 0 Å². The number of ether oxygens (including phenoxy) is 1. The van der Waals surface area contributed by atoms with Crippen LogP contribution in [0, 0.1) is 5.92 Å². The Kier molecular flexibility index (Phi) is 6.86. The monoisotopic (exact) mass is 376 g/mol. The van der Waals surface area contributed by atoms with Crippen molar-refractivity contribution in [1.82, 2.24) is 26.4 Å². The van der Waals surface area contributed by atoms with Crippen LogP contribution in [0.1, 0.15) is 12.8 Å². The van der Waals surface area contributed by atoms with Crippen molar-refractivity contribution in [3.63, 3.8) is 0 Å². The average molecular weight is 377 g/mol. The minimum absolute atomic E-state index is 0.00962. The van der Waals surface area contributed by atoms with Crippen LogP contribution in [0.2, 0.25) is 0 Å². The molecule has 0 aromatic carbocycles. The Hall–Kier alpha value is -0.520. The summed E-state index contributed by atoms with van der Waals surface area (Å²) >= 11 is 6.17. The predicted molar refractivity (Wildman–Crippen MR) is 93.6 cm³/mol. The number of carbonyl (C=O) groups is 1. The molecule has 3 aliphatic heterocycles. The van der Waals surface area contributed by atoms with E-state index in [0.29, 0.717) is 32.7 Å². The third kappa shape index (κ3) is 4.61. The van der Waals surface area contributed by atoms with Crippen molar-refractivity contribution in [2.75, 3.05) is 39.4 Å². The SMILES string of the molecule is NC1NN2CC(Cl)CNC2C1C(=O)NC1CNCCC1OCCCO. The van der Waals surface area contributed by atoms with Gasteiger partial charge in [0.25, 0.3) is 0 Å². The van der Waals surface area contributed by atoms with Crippen molar-refractivity contribution in [2.24, 2.45) is 11.7 Å². The third-order valence-corrected chi connectivity index (χ3v) is 5.30. The van der Waals surface area contributed by atoms with Gasteiger partial charge in [-0.25, -0.2) is 10.4 Å². The number of hydrazine groups is 1. The Morgan fingerprint density at radius 2 is 2.28 bits per heavy atom. The van der Waals surface area contributed by atoms with Gasteiger partial charge in [-0.3, -0.25) is 10.1 Å². The van der Waals surface area contributed by atoms with E-state index >= 15 is 0 Å². The van der Waals surface area contributed by atoms with Crippen LogP contribution >= 0.6 is 11.6 Å². The summed E-state index contributed by atoms with van der Waals surface area (Å²) in [6.45, 7) is 3.42. The zero-order valence-corrected chi connectivity index (χ0v) is 15.0. The fourth-order valence-corrected chi connectivity index (χ4v) is 3.97. The number of amides is 1. The van der Waals surface area contributed by atoms with Crippen molar-refractivity contribution < 1.29 is 14.6 Å². The van der Waals surface area contributed by atoms with Gasteiger partial charge in [0.15, 0.2) is 0 Å². The number of fused-ring (bicyclic) bond motifs is 1. The van der Waals surface area contributed by atoms with E-state index in [0.717, 1.165) is 13.0 Å². The molecule has 0 aromatic rings. The van der Waals surface area contributed by atoms with Gasteiger partial charge in [-0.15, -0.1) is 11.6 Å². The molecule has 1 amide bonds. The number of hydrogen-bond acceptors (Lipinski definition) is 8. The number of alkyl halides is 1. The molecule has 6 atom stereocenters. The van der Waals surface area contributed by atoms with Gasteiger partial charge in [0.2, 0.25) is 5.91 Å². The van der Waals surface area contributed by atoms with Crippen LogP contribution in [0.4, 0.5) is 0 Å². The number of carbonyl (C=O) groups excluding carboxylic acids is 1. The van der Waals surface area contributed by atoms with Gasteiger partial charge in [0.1, 0.15) is 0 Å². The topological polar surface area (TPSA) is 124 Å². The molecular formula is C15H29ClN6O3. The Morgan fingerprint density at radius 1 is 1.44 bits per heavy atom. The molecule has 7 N–H and O–H groups in total. The first-order chi connectivity index (χ1) is 12.1. The summed E-state index contributed by atoms with van der Waals surface area (Å²) in [5.74, 6) is -0.485. The molecule has 3 fully saturated rings. The molecule has 3 rings (SSSR count). The first kappa shape index (κ1) is 19.2. The van der Waals surface area contributed by atoms with E-state index in [1.807, 2.05) is 5.01 Å². The normalized spacial score (nSPS) is 39.2. The van der Waals surface area contributed by atoms with Gasteiger partial charge in [0.05, 0.1) is 35.8 Å². The lowest BCUT2D eigenvalue weighted by Gasteiger charge is -2.36. The molecule has 10 heteroatoms. The van der Waals surface area contributed by atoms with Crippen LogP contribution in [0.25, 0.3) is 0 Å². The lowest BCUT2D eigenvalue weighted by atomic mass is 9.99. The third-order valence-electron chi connectivity index (χ3n) is 5.00. The van der Waals surface area contributed by atoms with E-state index in [1.165, 1.54) is 0 Å². The van der Waals surface area contributed by atoms with E-state index in [1.54, 1.807) is 0 Å². The zero-order valence-electron chi connectivity index (χ0n) is 14.3. The second-order valence-corrected chi connectivity index (χ2v) is 7.49. The average Bonchev–Trinajstić information content (AvgIpc) is 2.91. The van der Waals surface area contributed by atoms with Gasteiger partial charge in [-0.1, -0.05) is 0 Å². The molecule has 9 nitrogen and oxygen atoms in total. The second kappa shape index (κ2) is 8.92. The summed E-state index contributed by atoms with van der Waals surface area (Å²) in [4.78, 5) is 12.9. The van der Waals surface area contributed by atoms with Gasteiger partial charge in [-0.2, -0.15) is 0 Å². The number of aliphatic hydroxyl groups excluding tert-OH is 1. The quantitative estimate of drug-likeness (QED) is 0.222. The summed E-state index contributed by atoms with van der Waals surface area (Å²) in [7, 11) is 0. The van der Waals surface area contributed by atoms with Gasteiger partial charge in [0, 0.05) is 32.8 Å². The largest absolute Gasteiger partial charge is 0.396 e. The molecule has 0 aliphatic carbocycles. The molecule has 0 bridgehead atoms. The van der Waals surface area contributed by atoms with Gasteiger partial charge < -0.3 is 26.2 Å². The van der Waals surface area contributed by atoms with E-state index in [9.17, 15) is 4.79 Å². The number of nitrogens with one attached hydrogen (secondary N) is 4. The lowest BCUT2D eigenvalue weighted by molar-refractivity contribution is -0.129. The standard InChI is InChI=1S/C15H29ClN6O3/c16-9-6-19-14-12(13(17)21-22(14)8-9)15(24)20-10-7-18-3-2-11(10)25-5-1-4-23/h9-14,18-19,21,23H,1-8,17H2,(H,20,24). The van der Waals surface area contributed by atoms with Crippen LogP contribution in [0.5, 0.6) is 0 Å². The number of aliphatic hydroxyl groups is 1. The van der Waals surface area contributed by atoms with Crippen LogP contribution in [-0.4, -0.2) is 85.3 Å². The highest BCUT2D eigenvalue weighted by Gasteiger charge is 2.47. The van der Waals surface area contributed by atoms with Gasteiger partial charge in [-0.05, 0) is 19.4 Å². The Morgan fingerprint density at radius 3 is 3.08 bits per heavy atom. The smallest absolute Gasteiger partial charge is 0.229 e. The zero-order chi connectivity index (χ0) is 17.8. The molecule has 0 saturated carbocycles. The van der Waals surface area contributed by atoms with E-state index in [2.05, 4.69) is 21.4 Å². The van der Waals surface area contributed by atoms with Crippen LogP contribution < -0.4 is 27.1 Å². The summed E-state index contributed by atoms with van der Waals surface area (Å²) in [6, 6.07) is -0.106.